The third-order valence-electron chi connectivity index (χ3n) is 9.59. The summed E-state index contributed by atoms with van der Waals surface area (Å²) in [7, 11) is -4.63. The van der Waals surface area contributed by atoms with Crippen LogP contribution in [0.3, 0.4) is 0 Å². The minimum Gasteiger partial charge on any atom is -0.462 e. The zero-order valence-electron chi connectivity index (χ0n) is 37.6. The van der Waals surface area contributed by atoms with Crippen molar-refractivity contribution in [3.05, 3.63) is 72.9 Å². The molecule has 0 aliphatic carbocycles. The van der Waals surface area contributed by atoms with Gasteiger partial charge in [0.1, 0.15) is 12.7 Å². The first-order valence-corrected chi connectivity index (χ1v) is 24.9. The van der Waals surface area contributed by atoms with E-state index in [9.17, 15) is 24.2 Å². The van der Waals surface area contributed by atoms with Crippen LogP contribution in [0.15, 0.2) is 72.9 Å². The van der Waals surface area contributed by atoms with Crippen molar-refractivity contribution >= 4 is 19.8 Å². The lowest BCUT2D eigenvalue weighted by atomic mass is 10.1. The van der Waals surface area contributed by atoms with Crippen LogP contribution < -0.4 is 0 Å². The lowest BCUT2D eigenvalue weighted by Crippen LogP contribution is -2.29. The molecule has 0 radical (unpaired) electrons. The molecule has 346 valence electrons. The van der Waals surface area contributed by atoms with Gasteiger partial charge in [-0.15, -0.1) is 0 Å². The molecule has 3 N–H and O–H groups in total. The molecule has 0 aromatic carbocycles. The topological polar surface area (TPSA) is 149 Å². The van der Waals surface area contributed by atoms with E-state index in [-0.39, 0.29) is 19.4 Å². The van der Waals surface area contributed by atoms with Crippen LogP contribution >= 0.6 is 7.82 Å². The van der Waals surface area contributed by atoms with Crippen molar-refractivity contribution in [1.82, 2.24) is 0 Å². The van der Waals surface area contributed by atoms with Crippen molar-refractivity contribution < 1.29 is 47.8 Å². The van der Waals surface area contributed by atoms with E-state index in [0.717, 1.165) is 96.3 Å². The van der Waals surface area contributed by atoms with Crippen molar-refractivity contribution in [1.29, 1.82) is 0 Å². The number of phosphoric ester groups is 1. The summed E-state index contributed by atoms with van der Waals surface area (Å²) in [5, 5.41) is 18.4. The number of hydrogen-bond acceptors (Lipinski definition) is 9. The molecule has 0 aliphatic heterocycles. The Morgan fingerprint density at radius 3 is 1.38 bits per heavy atom. The average molecular weight is 865 g/mol. The number of esters is 2. The summed E-state index contributed by atoms with van der Waals surface area (Å²) in [5.41, 5.74) is 0. The highest BCUT2D eigenvalue weighted by molar-refractivity contribution is 7.47. The SMILES string of the molecule is CC/C=C\C/C=C\C/C=C\C/C=C\CCCCCCCCC(=O)OC(COC(=O)CCCCCCCCC/C=C\C/C=C\CCCCCC)COP(=O)(O)OCC(O)CO. The molecular formula is C49H85O10P. The van der Waals surface area contributed by atoms with Gasteiger partial charge in [0, 0.05) is 12.8 Å². The zero-order chi connectivity index (χ0) is 44.0. The monoisotopic (exact) mass is 865 g/mol. The number of aliphatic hydroxyl groups excluding tert-OH is 2. The molecule has 11 heteroatoms. The van der Waals surface area contributed by atoms with Gasteiger partial charge in [-0.25, -0.2) is 4.57 Å². The third-order valence-corrected chi connectivity index (χ3v) is 10.5. The Hall–Kier alpha value is -2.59. The Morgan fingerprint density at radius 2 is 0.917 bits per heavy atom. The van der Waals surface area contributed by atoms with Gasteiger partial charge < -0.3 is 24.6 Å². The molecule has 0 aromatic heterocycles. The van der Waals surface area contributed by atoms with Gasteiger partial charge in [0.15, 0.2) is 6.10 Å². The number of ether oxygens (including phenoxy) is 2. The molecule has 3 atom stereocenters. The molecule has 0 aliphatic rings. The van der Waals surface area contributed by atoms with E-state index in [0.29, 0.717) is 12.8 Å². The van der Waals surface area contributed by atoms with E-state index in [1.54, 1.807) is 0 Å². The second-order valence-corrected chi connectivity index (χ2v) is 16.8. The van der Waals surface area contributed by atoms with Crippen molar-refractivity contribution in [2.75, 3.05) is 26.4 Å². The predicted molar refractivity (Wildman–Crippen MR) is 247 cm³/mol. The van der Waals surface area contributed by atoms with Gasteiger partial charge in [0.2, 0.25) is 0 Å². The standard InChI is InChI=1S/C49H85O10P/c1-3-5-7-9-11-13-15-17-19-21-23-25-27-29-31-33-35-37-39-41-49(53)59-47(45-58-60(54,55)57-43-46(51)42-50)44-56-48(52)40-38-36-34-32-30-28-26-24-22-20-18-16-14-12-10-8-6-4-2/h5,7,11,13-14,16-17,19-20,22-23,25,46-47,50-51H,3-4,6,8-10,12,15,18,21,24,26-45H2,1-2H3,(H,54,55)/b7-5-,13-11-,16-14-,19-17-,22-20-,25-23-. The number of carbonyl (C=O) groups excluding carboxylic acids is 2. The number of rotatable bonds is 43. The van der Waals surface area contributed by atoms with Crippen LogP contribution in [0, 0.1) is 0 Å². The molecule has 0 aromatic rings. The number of hydrogen-bond donors (Lipinski definition) is 3. The van der Waals surface area contributed by atoms with Crippen molar-refractivity contribution in [3.63, 3.8) is 0 Å². The van der Waals surface area contributed by atoms with E-state index in [1.807, 2.05) is 0 Å². The molecule has 0 saturated heterocycles. The number of allylic oxidation sites excluding steroid dienone is 12. The number of unbranched alkanes of at least 4 members (excludes halogenated alkanes) is 17. The summed E-state index contributed by atoms with van der Waals surface area (Å²) in [5.74, 6) is -0.953. The quantitative estimate of drug-likeness (QED) is 0.0234. The van der Waals surface area contributed by atoms with Crippen molar-refractivity contribution in [3.8, 4) is 0 Å². The van der Waals surface area contributed by atoms with Gasteiger partial charge in [0.05, 0.1) is 19.8 Å². The first-order chi connectivity index (χ1) is 29.2. The fourth-order valence-electron chi connectivity index (χ4n) is 6.01. The van der Waals surface area contributed by atoms with Gasteiger partial charge in [-0.05, 0) is 83.5 Å². The molecule has 0 rings (SSSR count). The molecule has 10 nitrogen and oxygen atoms in total. The molecule has 3 unspecified atom stereocenters. The highest BCUT2D eigenvalue weighted by atomic mass is 31.2. The smallest absolute Gasteiger partial charge is 0.462 e. The summed E-state index contributed by atoms with van der Waals surface area (Å²) in [4.78, 5) is 35.1. The first-order valence-electron chi connectivity index (χ1n) is 23.4. The van der Waals surface area contributed by atoms with Gasteiger partial charge in [-0.3, -0.25) is 18.6 Å². The van der Waals surface area contributed by atoms with E-state index >= 15 is 0 Å². The summed E-state index contributed by atoms with van der Waals surface area (Å²) in [6, 6.07) is 0. The molecular weight excluding hydrogens is 780 g/mol. The van der Waals surface area contributed by atoms with Crippen molar-refractivity contribution in [2.45, 2.75) is 199 Å². The fraction of sp³-hybridized carbons (Fsp3) is 0.714. The summed E-state index contributed by atoms with van der Waals surface area (Å²) >= 11 is 0. The van der Waals surface area contributed by atoms with Crippen LogP contribution in [0.4, 0.5) is 0 Å². The van der Waals surface area contributed by atoms with Crippen LogP contribution in [0.5, 0.6) is 0 Å². The highest BCUT2D eigenvalue weighted by Crippen LogP contribution is 2.43. The maximum Gasteiger partial charge on any atom is 0.472 e. The predicted octanol–water partition coefficient (Wildman–Crippen LogP) is 12.8. The largest absolute Gasteiger partial charge is 0.472 e. The van der Waals surface area contributed by atoms with E-state index in [2.05, 4.69) is 86.8 Å². The van der Waals surface area contributed by atoms with Gasteiger partial charge >= 0.3 is 19.8 Å². The van der Waals surface area contributed by atoms with Gasteiger partial charge in [-0.2, -0.15) is 0 Å². The Kier molecular flexibility index (Phi) is 42.5. The van der Waals surface area contributed by atoms with E-state index < -0.39 is 51.8 Å². The summed E-state index contributed by atoms with van der Waals surface area (Å²) in [6.45, 7) is 2.23. The lowest BCUT2D eigenvalue weighted by Gasteiger charge is -2.20. The summed E-state index contributed by atoms with van der Waals surface area (Å²) < 4.78 is 32.8. The Morgan fingerprint density at radius 1 is 0.517 bits per heavy atom. The minimum absolute atomic E-state index is 0.163. The molecule has 0 fully saturated rings. The Balaban J connectivity index is 4.30. The van der Waals surface area contributed by atoms with E-state index in [1.165, 1.54) is 51.4 Å². The average Bonchev–Trinajstić information content (AvgIpc) is 3.24. The number of phosphoric acid groups is 1. The van der Waals surface area contributed by atoms with Crippen LogP contribution in [-0.2, 0) is 32.7 Å². The zero-order valence-corrected chi connectivity index (χ0v) is 38.5. The molecule has 0 amide bonds. The second-order valence-electron chi connectivity index (χ2n) is 15.4. The van der Waals surface area contributed by atoms with Crippen LogP contribution in [0.1, 0.15) is 187 Å². The first kappa shape index (κ1) is 57.4. The Labute approximate surface area is 365 Å². The second kappa shape index (κ2) is 44.5. The maximum absolute atomic E-state index is 12.6. The van der Waals surface area contributed by atoms with Gasteiger partial charge in [-0.1, -0.05) is 164 Å². The minimum atomic E-state index is -4.63. The molecule has 0 bridgehead atoms. The normalized spacial score (nSPS) is 14.4. The molecule has 0 heterocycles. The van der Waals surface area contributed by atoms with Crippen LogP contribution in [0.25, 0.3) is 0 Å². The van der Waals surface area contributed by atoms with E-state index in [4.69, 9.17) is 23.6 Å². The molecule has 0 saturated carbocycles. The summed E-state index contributed by atoms with van der Waals surface area (Å²) in [6.07, 6.45) is 51.4. The molecule has 60 heavy (non-hydrogen) atoms. The van der Waals surface area contributed by atoms with Crippen LogP contribution in [-0.4, -0.2) is 65.7 Å². The van der Waals surface area contributed by atoms with Gasteiger partial charge in [0.25, 0.3) is 0 Å². The maximum atomic E-state index is 12.6. The Bertz CT molecular complexity index is 1220. The molecule has 0 spiro atoms. The number of aliphatic hydroxyl groups is 2. The third kappa shape index (κ3) is 43.5. The number of carbonyl (C=O) groups is 2. The highest BCUT2D eigenvalue weighted by Gasteiger charge is 2.27. The van der Waals surface area contributed by atoms with Crippen molar-refractivity contribution in [2.24, 2.45) is 0 Å². The van der Waals surface area contributed by atoms with Crippen LogP contribution in [0.2, 0.25) is 0 Å². The fourth-order valence-corrected chi connectivity index (χ4v) is 6.80. The lowest BCUT2D eigenvalue weighted by molar-refractivity contribution is -0.161.